The molecule has 162 valence electrons. The van der Waals surface area contributed by atoms with Gasteiger partial charge >= 0.3 is 0 Å². The third-order valence-electron chi connectivity index (χ3n) is 4.96. The van der Waals surface area contributed by atoms with Gasteiger partial charge in [0, 0.05) is 0 Å². The van der Waals surface area contributed by atoms with Crippen LogP contribution in [0.3, 0.4) is 0 Å². The number of nitriles is 1. The van der Waals surface area contributed by atoms with Gasteiger partial charge in [-0.15, -0.1) is 0 Å². The van der Waals surface area contributed by atoms with Crippen LogP contribution in [0.5, 0.6) is 5.75 Å². The molecule has 0 saturated heterocycles. The number of hydrogen-bond acceptors (Lipinski definition) is 3. The van der Waals surface area contributed by atoms with Gasteiger partial charge in [0.15, 0.2) is 0 Å². The SMILES string of the molecule is N#C/C(=C/c1ccc(OCc2ccc3ccccc3c2)c(I)c1)C(=O)Nc1ccccc1F. The highest BCUT2D eigenvalue weighted by Crippen LogP contribution is 2.25. The third kappa shape index (κ3) is 5.57. The van der Waals surface area contributed by atoms with E-state index in [-0.39, 0.29) is 11.3 Å². The zero-order chi connectivity index (χ0) is 23.2. The van der Waals surface area contributed by atoms with Gasteiger partial charge in [-0.2, -0.15) is 5.26 Å². The lowest BCUT2D eigenvalue weighted by molar-refractivity contribution is -0.112. The first kappa shape index (κ1) is 22.5. The quantitative estimate of drug-likeness (QED) is 0.166. The molecule has 1 amide bonds. The lowest BCUT2D eigenvalue weighted by Crippen LogP contribution is -2.14. The summed E-state index contributed by atoms with van der Waals surface area (Å²) in [6.45, 7) is 0.421. The van der Waals surface area contributed by atoms with E-state index in [1.54, 1.807) is 18.2 Å². The predicted octanol–water partition coefficient (Wildman–Crippen LogP) is 6.71. The van der Waals surface area contributed by atoms with Gasteiger partial charge < -0.3 is 10.1 Å². The van der Waals surface area contributed by atoms with Crippen molar-refractivity contribution in [3.63, 3.8) is 0 Å². The number of amides is 1. The molecular formula is C27H18FIN2O2. The summed E-state index contributed by atoms with van der Waals surface area (Å²) in [7, 11) is 0. The minimum Gasteiger partial charge on any atom is -0.488 e. The zero-order valence-corrected chi connectivity index (χ0v) is 19.5. The largest absolute Gasteiger partial charge is 0.488 e. The molecule has 0 saturated carbocycles. The summed E-state index contributed by atoms with van der Waals surface area (Å²) < 4.78 is 20.6. The minimum absolute atomic E-state index is 0.0238. The molecule has 0 spiro atoms. The van der Waals surface area contributed by atoms with Crippen LogP contribution < -0.4 is 10.1 Å². The zero-order valence-electron chi connectivity index (χ0n) is 17.4. The molecule has 0 heterocycles. The van der Waals surface area contributed by atoms with E-state index in [1.165, 1.54) is 29.7 Å². The molecule has 0 unspecified atom stereocenters. The van der Waals surface area contributed by atoms with E-state index >= 15 is 0 Å². The number of halogens is 2. The number of fused-ring (bicyclic) bond motifs is 1. The molecule has 0 bridgehead atoms. The molecule has 4 rings (SSSR count). The van der Waals surface area contributed by atoms with E-state index in [2.05, 4.69) is 52.2 Å². The van der Waals surface area contributed by atoms with Gasteiger partial charge in [0.2, 0.25) is 0 Å². The maximum atomic E-state index is 13.8. The summed E-state index contributed by atoms with van der Waals surface area (Å²) in [6, 6.07) is 27.5. The molecule has 4 nitrogen and oxygen atoms in total. The van der Waals surface area contributed by atoms with Gasteiger partial charge in [-0.05, 0) is 80.9 Å². The second kappa shape index (κ2) is 10.3. The molecule has 1 N–H and O–H groups in total. The van der Waals surface area contributed by atoms with Crippen LogP contribution in [0.15, 0.2) is 90.5 Å². The van der Waals surface area contributed by atoms with E-state index in [0.717, 1.165) is 14.5 Å². The monoisotopic (exact) mass is 548 g/mol. The van der Waals surface area contributed by atoms with Crippen molar-refractivity contribution in [2.45, 2.75) is 6.61 Å². The van der Waals surface area contributed by atoms with Crippen LogP contribution in [-0.2, 0) is 11.4 Å². The van der Waals surface area contributed by atoms with Crippen molar-refractivity contribution in [3.8, 4) is 11.8 Å². The molecule has 0 fully saturated rings. The average Bonchev–Trinajstić information content (AvgIpc) is 2.83. The maximum absolute atomic E-state index is 13.8. The Bertz CT molecular complexity index is 1410. The van der Waals surface area contributed by atoms with Crippen LogP contribution in [-0.4, -0.2) is 5.91 Å². The van der Waals surface area contributed by atoms with Gasteiger partial charge in [0.1, 0.15) is 29.8 Å². The Morgan fingerprint density at radius 2 is 1.76 bits per heavy atom. The fourth-order valence-corrected chi connectivity index (χ4v) is 3.98. The van der Waals surface area contributed by atoms with Crippen LogP contribution in [0.2, 0.25) is 0 Å². The normalized spacial score (nSPS) is 11.1. The van der Waals surface area contributed by atoms with Gasteiger partial charge in [-0.25, -0.2) is 4.39 Å². The standard InChI is InChI=1S/C27H18FIN2O2/c28-23-7-3-4-8-25(23)31-27(32)22(16-30)13-18-10-12-26(24(29)15-18)33-17-19-9-11-20-5-1-2-6-21(20)14-19/h1-15H,17H2,(H,31,32)/b22-13-. The number of nitrogens with one attached hydrogen (secondary N) is 1. The van der Waals surface area contributed by atoms with Crippen molar-refractivity contribution >= 4 is 51.0 Å². The van der Waals surface area contributed by atoms with E-state index in [1.807, 2.05) is 30.3 Å². The molecular weight excluding hydrogens is 530 g/mol. The number of benzene rings is 4. The van der Waals surface area contributed by atoms with Crippen LogP contribution in [0.4, 0.5) is 10.1 Å². The first-order valence-electron chi connectivity index (χ1n) is 10.1. The van der Waals surface area contributed by atoms with Crippen LogP contribution in [0, 0.1) is 20.7 Å². The lowest BCUT2D eigenvalue weighted by Gasteiger charge is -2.10. The van der Waals surface area contributed by atoms with E-state index < -0.39 is 11.7 Å². The van der Waals surface area contributed by atoms with Crippen molar-refractivity contribution in [3.05, 3.63) is 111 Å². The van der Waals surface area contributed by atoms with Gasteiger partial charge in [0.05, 0.1) is 9.26 Å². The topological polar surface area (TPSA) is 62.1 Å². The summed E-state index contributed by atoms with van der Waals surface area (Å²) in [6.07, 6.45) is 1.46. The molecule has 4 aromatic carbocycles. The molecule has 0 aliphatic heterocycles. The molecule has 0 aliphatic carbocycles. The summed E-state index contributed by atoms with van der Waals surface area (Å²) in [5.74, 6) is -0.532. The minimum atomic E-state index is -0.672. The Hall–Kier alpha value is -3.70. The Kier molecular flexibility index (Phi) is 7.01. The van der Waals surface area contributed by atoms with Crippen molar-refractivity contribution < 1.29 is 13.9 Å². The van der Waals surface area contributed by atoms with Gasteiger partial charge in [0.25, 0.3) is 5.91 Å². The summed E-state index contributed by atoms with van der Waals surface area (Å²) >= 11 is 2.15. The van der Waals surface area contributed by atoms with Gasteiger partial charge in [-0.1, -0.05) is 54.6 Å². The Balaban J connectivity index is 1.46. The van der Waals surface area contributed by atoms with Crippen LogP contribution in [0.1, 0.15) is 11.1 Å². The van der Waals surface area contributed by atoms with Crippen LogP contribution in [0.25, 0.3) is 16.8 Å². The number of carbonyl (C=O) groups excluding carboxylic acids is 1. The van der Waals surface area contributed by atoms with Crippen molar-refractivity contribution in [2.24, 2.45) is 0 Å². The molecule has 6 heteroatoms. The van der Waals surface area contributed by atoms with Crippen molar-refractivity contribution in [1.82, 2.24) is 0 Å². The number of rotatable bonds is 6. The summed E-state index contributed by atoms with van der Waals surface area (Å²) in [5.41, 5.74) is 1.62. The highest BCUT2D eigenvalue weighted by atomic mass is 127. The first-order valence-corrected chi connectivity index (χ1v) is 11.2. The number of anilines is 1. The Morgan fingerprint density at radius 3 is 2.52 bits per heavy atom. The van der Waals surface area contributed by atoms with E-state index in [4.69, 9.17) is 4.74 Å². The fourth-order valence-electron chi connectivity index (χ4n) is 3.28. The fraction of sp³-hybridized carbons (Fsp3) is 0.0370. The second-order valence-corrected chi connectivity index (χ2v) is 8.43. The van der Waals surface area contributed by atoms with Crippen molar-refractivity contribution in [2.75, 3.05) is 5.32 Å². The number of para-hydroxylation sites is 1. The molecule has 0 radical (unpaired) electrons. The Morgan fingerprint density at radius 1 is 1.00 bits per heavy atom. The molecule has 0 aliphatic rings. The maximum Gasteiger partial charge on any atom is 0.266 e. The number of ether oxygens (including phenoxy) is 1. The highest BCUT2D eigenvalue weighted by Gasteiger charge is 2.12. The molecule has 0 atom stereocenters. The number of hydrogen-bond donors (Lipinski definition) is 1. The summed E-state index contributed by atoms with van der Waals surface area (Å²) in [5, 5.41) is 14.2. The second-order valence-electron chi connectivity index (χ2n) is 7.26. The molecule has 33 heavy (non-hydrogen) atoms. The van der Waals surface area contributed by atoms with E-state index in [9.17, 15) is 14.4 Å². The van der Waals surface area contributed by atoms with Crippen molar-refractivity contribution in [1.29, 1.82) is 5.26 Å². The first-order chi connectivity index (χ1) is 16.0. The molecule has 4 aromatic rings. The highest BCUT2D eigenvalue weighted by molar-refractivity contribution is 14.1. The third-order valence-corrected chi connectivity index (χ3v) is 5.81. The number of nitrogens with zero attached hydrogens (tertiary/aromatic N) is 1. The van der Waals surface area contributed by atoms with Gasteiger partial charge in [-0.3, -0.25) is 4.79 Å². The smallest absolute Gasteiger partial charge is 0.266 e. The predicted molar refractivity (Wildman–Crippen MR) is 136 cm³/mol. The van der Waals surface area contributed by atoms with Crippen LogP contribution >= 0.6 is 22.6 Å². The number of carbonyl (C=O) groups is 1. The Labute approximate surface area is 204 Å². The van der Waals surface area contributed by atoms with E-state index in [0.29, 0.717) is 17.9 Å². The lowest BCUT2D eigenvalue weighted by atomic mass is 10.1. The summed E-state index contributed by atoms with van der Waals surface area (Å²) in [4.78, 5) is 12.4. The molecule has 0 aromatic heterocycles. The average molecular weight is 548 g/mol.